The monoisotopic (exact) mass is 396 g/mol. The molecule has 0 unspecified atom stereocenters. The molecular formula is C21H20N2O4S. The first kappa shape index (κ1) is 19.4. The fourth-order valence-corrected chi connectivity index (χ4v) is 3.24. The molecule has 0 aliphatic heterocycles. The Balaban J connectivity index is 1.69. The van der Waals surface area contributed by atoms with E-state index in [1.165, 1.54) is 17.4 Å². The van der Waals surface area contributed by atoms with E-state index in [4.69, 9.17) is 14.2 Å². The molecule has 0 atom stereocenters. The average molecular weight is 396 g/mol. The topological polar surface area (TPSA) is 69.7 Å². The second-order valence-electron chi connectivity index (χ2n) is 5.70. The van der Waals surface area contributed by atoms with Gasteiger partial charge >= 0.3 is 0 Å². The zero-order valence-electron chi connectivity index (χ0n) is 15.8. The smallest absolute Gasteiger partial charge is 0.250 e. The lowest BCUT2D eigenvalue weighted by Gasteiger charge is -2.07. The van der Waals surface area contributed by atoms with Crippen LogP contribution in [0, 0.1) is 0 Å². The van der Waals surface area contributed by atoms with Crippen LogP contribution in [0.25, 0.3) is 17.3 Å². The molecule has 6 nitrogen and oxygen atoms in total. The van der Waals surface area contributed by atoms with Crippen molar-refractivity contribution in [3.63, 3.8) is 0 Å². The van der Waals surface area contributed by atoms with Crippen LogP contribution in [-0.2, 0) is 4.79 Å². The molecule has 0 aliphatic carbocycles. The normalized spacial score (nSPS) is 10.7. The van der Waals surface area contributed by atoms with Crippen molar-refractivity contribution in [3.05, 3.63) is 59.5 Å². The molecular weight excluding hydrogens is 376 g/mol. The standard InChI is InChI=1S/C21H20N2O4S/c1-25-16-6-4-5-15(11-16)18-13-28-21(22-18)23-20(24)10-8-14-7-9-17(26-2)12-19(14)27-3/h4-13H,1-3H3,(H,22,23,24). The third kappa shape index (κ3) is 4.69. The van der Waals surface area contributed by atoms with Crippen LogP contribution in [0.15, 0.2) is 53.9 Å². The number of carbonyl (C=O) groups excluding carboxylic acids is 1. The van der Waals surface area contributed by atoms with Crippen molar-refractivity contribution < 1.29 is 19.0 Å². The summed E-state index contributed by atoms with van der Waals surface area (Å²) in [6.07, 6.45) is 3.13. The highest BCUT2D eigenvalue weighted by atomic mass is 32.1. The molecule has 1 aromatic heterocycles. The predicted molar refractivity (Wildman–Crippen MR) is 111 cm³/mol. The minimum Gasteiger partial charge on any atom is -0.497 e. The molecule has 0 fully saturated rings. The van der Waals surface area contributed by atoms with Gasteiger partial charge in [0.15, 0.2) is 5.13 Å². The van der Waals surface area contributed by atoms with Gasteiger partial charge < -0.3 is 14.2 Å². The number of nitrogens with zero attached hydrogens (tertiary/aromatic N) is 1. The minimum atomic E-state index is -0.274. The van der Waals surface area contributed by atoms with Gasteiger partial charge in [0.1, 0.15) is 17.2 Å². The number of hydrogen-bond donors (Lipinski definition) is 1. The third-order valence-electron chi connectivity index (χ3n) is 3.95. The number of hydrogen-bond acceptors (Lipinski definition) is 6. The molecule has 7 heteroatoms. The molecule has 0 saturated heterocycles. The second-order valence-corrected chi connectivity index (χ2v) is 6.56. The highest BCUT2D eigenvalue weighted by Crippen LogP contribution is 2.28. The van der Waals surface area contributed by atoms with E-state index in [1.54, 1.807) is 39.5 Å². The van der Waals surface area contributed by atoms with Gasteiger partial charge in [0.2, 0.25) is 5.91 Å². The summed E-state index contributed by atoms with van der Waals surface area (Å²) in [4.78, 5) is 16.7. The van der Waals surface area contributed by atoms with E-state index < -0.39 is 0 Å². The largest absolute Gasteiger partial charge is 0.497 e. The Labute approximate surface area is 167 Å². The SMILES string of the molecule is COc1cccc(-c2csc(NC(=O)C=Cc3ccc(OC)cc3OC)n2)c1. The zero-order chi connectivity index (χ0) is 19.9. The fraction of sp³-hybridized carbons (Fsp3) is 0.143. The van der Waals surface area contributed by atoms with Gasteiger partial charge in [-0.15, -0.1) is 11.3 Å². The first-order valence-electron chi connectivity index (χ1n) is 8.44. The third-order valence-corrected chi connectivity index (χ3v) is 4.71. The second kappa shape index (κ2) is 9.05. The van der Waals surface area contributed by atoms with Crippen molar-refractivity contribution in [1.82, 2.24) is 4.98 Å². The highest BCUT2D eigenvalue weighted by molar-refractivity contribution is 7.14. The maximum absolute atomic E-state index is 12.2. The maximum Gasteiger partial charge on any atom is 0.250 e. The highest BCUT2D eigenvalue weighted by Gasteiger charge is 2.08. The number of rotatable bonds is 7. The van der Waals surface area contributed by atoms with Crippen LogP contribution in [0.3, 0.4) is 0 Å². The zero-order valence-corrected chi connectivity index (χ0v) is 16.6. The molecule has 0 saturated carbocycles. The summed E-state index contributed by atoms with van der Waals surface area (Å²) in [5.74, 6) is 1.79. The summed E-state index contributed by atoms with van der Waals surface area (Å²) in [5.41, 5.74) is 2.48. The Morgan fingerprint density at radius 1 is 1.04 bits per heavy atom. The Morgan fingerprint density at radius 3 is 2.57 bits per heavy atom. The van der Waals surface area contributed by atoms with E-state index in [0.29, 0.717) is 16.6 Å². The van der Waals surface area contributed by atoms with E-state index in [-0.39, 0.29) is 5.91 Å². The Kier molecular flexibility index (Phi) is 6.29. The van der Waals surface area contributed by atoms with Crippen LogP contribution < -0.4 is 19.5 Å². The number of anilines is 1. The summed E-state index contributed by atoms with van der Waals surface area (Å²) in [6, 6.07) is 13.0. The molecule has 28 heavy (non-hydrogen) atoms. The summed E-state index contributed by atoms with van der Waals surface area (Å²) in [6.45, 7) is 0. The van der Waals surface area contributed by atoms with Crippen molar-refractivity contribution in [3.8, 4) is 28.5 Å². The van der Waals surface area contributed by atoms with E-state index in [9.17, 15) is 4.79 Å². The Bertz CT molecular complexity index is 998. The van der Waals surface area contributed by atoms with Gasteiger partial charge in [0, 0.05) is 28.6 Å². The molecule has 3 aromatic rings. The van der Waals surface area contributed by atoms with Gasteiger partial charge in [-0.3, -0.25) is 10.1 Å². The number of nitrogens with one attached hydrogen (secondary N) is 1. The van der Waals surface area contributed by atoms with Gasteiger partial charge in [-0.05, 0) is 30.3 Å². The number of benzene rings is 2. The van der Waals surface area contributed by atoms with E-state index in [0.717, 1.165) is 22.6 Å². The average Bonchev–Trinajstić information content (AvgIpc) is 3.20. The molecule has 1 heterocycles. The molecule has 1 N–H and O–H groups in total. The fourth-order valence-electron chi connectivity index (χ4n) is 2.51. The van der Waals surface area contributed by atoms with Gasteiger partial charge in [0.25, 0.3) is 0 Å². The van der Waals surface area contributed by atoms with Gasteiger partial charge in [-0.25, -0.2) is 4.98 Å². The van der Waals surface area contributed by atoms with Crippen molar-refractivity contribution in [2.75, 3.05) is 26.6 Å². The lowest BCUT2D eigenvalue weighted by Crippen LogP contribution is -2.07. The summed E-state index contributed by atoms with van der Waals surface area (Å²) in [5, 5.41) is 5.19. The molecule has 144 valence electrons. The van der Waals surface area contributed by atoms with Crippen molar-refractivity contribution in [2.45, 2.75) is 0 Å². The number of carbonyl (C=O) groups is 1. The van der Waals surface area contributed by atoms with Gasteiger partial charge in [-0.1, -0.05) is 12.1 Å². The summed E-state index contributed by atoms with van der Waals surface area (Å²) in [7, 11) is 4.78. The molecule has 0 spiro atoms. The number of thiazole rings is 1. The van der Waals surface area contributed by atoms with Crippen LogP contribution >= 0.6 is 11.3 Å². The number of amides is 1. The van der Waals surface area contributed by atoms with Crippen molar-refractivity contribution in [1.29, 1.82) is 0 Å². The summed E-state index contributed by atoms with van der Waals surface area (Å²) >= 11 is 1.36. The number of aromatic nitrogens is 1. The van der Waals surface area contributed by atoms with Crippen LogP contribution in [0.1, 0.15) is 5.56 Å². The summed E-state index contributed by atoms with van der Waals surface area (Å²) < 4.78 is 15.7. The molecule has 0 bridgehead atoms. The maximum atomic E-state index is 12.2. The molecule has 0 aliphatic rings. The Morgan fingerprint density at radius 2 is 1.82 bits per heavy atom. The van der Waals surface area contributed by atoms with Crippen LogP contribution in [-0.4, -0.2) is 32.2 Å². The van der Waals surface area contributed by atoms with Crippen molar-refractivity contribution in [2.24, 2.45) is 0 Å². The van der Waals surface area contributed by atoms with Gasteiger partial charge in [-0.2, -0.15) is 0 Å². The van der Waals surface area contributed by atoms with Crippen LogP contribution in [0.4, 0.5) is 5.13 Å². The lowest BCUT2D eigenvalue weighted by atomic mass is 10.1. The predicted octanol–water partition coefficient (Wildman–Crippen LogP) is 4.49. The Hall–Kier alpha value is -3.32. The number of ether oxygens (including phenoxy) is 3. The lowest BCUT2D eigenvalue weighted by molar-refractivity contribution is -0.111. The molecule has 0 radical (unpaired) electrons. The minimum absolute atomic E-state index is 0.274. The van der Waals surface area contributed by atoms with Crippen molar-refractivity contribution >= 4 is 28.5 Å². The van der Waals surface area contributed by atoms with E-state index in [2.05, 4.69) is 10.3 Å². The number of methoxy groups -OCH3 is 3. The van der Waals surface area contributed by atoms with Crippen LogP contribution in [0.5, 0.6) is 17.2 Å². The quantitative estimate of drug-likeness (QED) is 0.596. The molecule has 1 amide bonds. The molecule has 2 aromatic carbocycles. The van der Waals surface area contributed by atoms with E-state index in [1.807, 2.05) is 35.7 Å². The van der Waals surface area contributed by atoms with E-state index >= 15 is 0 Å². The van der Waals surface area contributed by atoms with Crippen LogP contribution in [0.2, 0.25) is 0 Å². The first-order valence-corrected chi connectivity index (χ1v) is 9.32. The van der Waals surface area contributed by atoms with Gasteiger partial charge in [0.05, 0.1) is 27.0 Å². The first-order chi connectivity index (χ1) is 13.6. The molecule has 3 rings (SSSR count).